The van der Waals surface area contributed by atoms with Crippen molar-refractivity contribution in [2.24, 2.45) is 0 Å². The number of rotatable bonds is 7. The van der Waals surface area contributed by atoms with Crippen LogP contribution in [0, 0.1) is 0 Å². The van der Waals surface area contributed by atoms with Gasteiger partial charge in [0.25, 0.3) is 0 Å². The lowest BCUT2D eigenvalue weighted by Gasteiger charge is -2.19. The lowest BCUT2D eigenvalue weighted by Crippen LogP contribution is -2.37. The quantitative estimate of drug-likeness (QED) is 0.758. The number of carbonyl (C=O) groups is 1. The predicted molar refractivity (Wildman–Crippen MR) is 104 cm³/mol. The standard InChI is InChI=1S/C20H24N2O6/c1-12(21-20(23)22-14-6-5-7-15(10-14)24-2)8-13-9-16-18(28-11-27-16)19(26-4)17(13)25-3/h5-7,9-10,12H,8,11H2,1-4H3,(H2,21,22,23). The van der Waals surface area contributed by atoms with Crippen LogP contribution in [0.25, 0.3) is 0 Å². The average Bonchev–Trinajstić information content (AvgIpc) is 3.14. The number of ether oxygens (including phenoxy) is 5. The average molecular weight is 388 g/mol. The van der Waals surface area contributed by atoms with Gasteiger partial charge in [0.15, 0.2) is 11.5 Å². The summed E-state index contributed by atoms with van der Waals surface area (Å²) in [4.78, 5) is 12.3. The minimum atomic E-state index is -0.313. The number of carbonyl (C=O) groups excluding carboxylic acids is 1. The van der Waals surface area contributed by atoms with E-state index in [1.807, 2.05) is 25.1 Å². The molecule has 0 radical (unpaired) electrons. The molecule has 1 atom stereocenters. The van der Waals surface area contributed by atoms with Gasteiger partial charge >= 0.3 is 6.03 Å². The Labute approximate surface area is 163 Å². The third-order valence-corrected chi connectivity index (χ3v) is 4.29. The first kappa shape index (κ1) is 19.5. The zero-order valence-corrected chi connectivity index (χ0v) is 16.3. The molecule has 0 spiro atoms. The number of nitrogens with one attached hydrogen (secondary N) is 2. The van der Waals surface area contributed by atoms with Gasteiger partial charge in [-0.2, -0.15) is 0 Å². The first-order valence-corrected chi connectivity index (χ1v) is 8.80. The summed E-state index contributed by atoms with van der Waals surface area (Å²) in [6.07, 6.45) is 0.516. The molecule has 3 rings (SSSR count). The molecule has 1 unspecified atom stereocenters. The Hall–Kier alpha value is -3.29. The maximum Gasteiger partial charge on any atom is 0.319 e. The van der Waals surface area contributed by atoms with E-state index in [2.05, 4.69) is 10.6 Å². The van der Waals surface area contributed by atoms with Gasteiger partial charge in [0.2, 0.25) is 18.3 Å². The summed E-state index contributed by atoms with van der Waals surface area (Å²) in [6, 6.07) is 8.51. The molecular weight excluding hydrogens is 364 g/mol. The Bertz CT molecular complexity index is 855. The van der Waals surface area contributed by atoms with Crippen molar-refractivity contribution >= 4 is 11.7 Å². The van der Waals surface area contributed by atoms with Crippen LogP contribution in [-0.2, 0) is 6.42 Å². The van der Waals surface area contributed by atoms with E-state index in [1.165, 1.54) is 0 Å². The van der Waals surface area contributed by atoms with E-state index in [4.69, 9.17) is 23.7 Å². The van der Waals surface area contributed by atoms with Crippen molar-refractivity contribution in [3.8, 4) is 28.7 Å². The second-order valence-electron chi connectivity index (χ2n) is 6.27. The smallest absolute Gasteiger partial charge is 0.319 e. The summed E-state index contributed by atoms with van der Waals surface area (Å²) < 4.78 is 27.1. The molecule has 0 aliphatic carbocycles. The minimum Gasteiger partial charge on any atom is -0.497 e. The summed E-state index contributed by atoms with van der Waals surface area (Å²) in [5, 5.41) is 5.71. The minimum absolute atomic E-state index is 0.134. The number of anilines is 1. The van der Waals surface area contributed by atoms with Crippen LogP contribution in [0.2, 0.25) is 0 Å². The Balaban J connectivity index is 1.69. The normalized spacial score (nSPS) is 12.9. The fourth-order valence-corrected chi connectivity index (χ4v) is 3.08. The highest BCUT2D eigenvalue weighted by Crippen LogP contribution is 2.49. The van der Waals surface area contributed by atoms with E-state index in [1.54, 1.807) is 33.5 Å². The predicted octanol–water partition coefficient (Wildman–Crippen LogP) is 3.19. The molecule has 0 aromatic heterocycles. The molecule has 0 saturated heterocycles. The van der Waals surface area contributed by atoms with Gasteiger partial charge < -0.3 is 34.3 Å². The highest BCUT2D eigenvalue weighted by atomic mass is 16.7. The molecule has 0 fully saturated rings. The summed E-state index contributed by atoms with van der Waals surface area (Å²) in [5.41, 5.74) is 1.49. The van der Waals surface area contributed by atoms with Crippen molar-refractivity contribution in [3.63, 3.8) is 0 Å². The number of amides is 2. The van der Waals surface area contributed by atoms with Gasteiger partial charge in [-0.05, 0) is 31.5 Å². The van der Waals surface area contributed by atoms with Crippen LogP contribution in [0.5, 0.6) is 28.7 Å². The summed E-state index contributed by atoms with van der Waals surface area (Å²) in [7, 11) is 4.69. The zero-order valence-electron chi connectivity index (χ0n) is 16.3. The fourth-order valence-electron chi connectivity index (χ4n) is 3.08. The van der Waals surface area contributed by atoms with Crippen molar-refractivity contribution in [1.82, 2.24) is 5.32 Å². The summed E-state index contributed by atoms with van der Waals surface area (Å²) in [5.74, 6) is 2.84. The molecular formula is C20H24N2O6. The molecule has 1 aliphatic heterocycles. The number of hydrogen-bond donors (Lipinski definition) is 2. The van der Waals surface area contributed by atoms with E-state index in [-0.39, 0.29) is 18.9 Å². The largest absolute Gasteiger partial charge is 0.497 e. The molecule has 2 N–H and O–H groups in total. The number of benzene rings is 2. The highest BCUT2D eigenvalue weighted by molar-refractivity contribution is 5.89. The summed E-state index contributed by atoms with van der Waals surface area (Å²) >= 11 is 0. The maximum atomic E-state index is 12.3. The van der Waals surface area contributed by atoms with E-state index in [0.717, 1.165) is 5.56 Å². The molecule has 0 saturated carbocycles. The molecule has 28 heavy (non-hydrogen) atoms. The number of urea groups is 1. The van der Waals surface area contributed by atoms with Crippen molar-refractivity contribution in [2.75, 3.05) is 33.4 Å². The number of fused-ring (bicyclic) bond motifs is 1. The van der Waals surface area contributed by atoms with Gasteiger partial charge in [0, 0.05) is 23.4 Å². The maximum absolute atomic E-state index is 12.3. The fraction of sp³-hybridized carbons (Fsp3) is 0.350. The monoisotopic (exact) mass is 388 g/mol. The van der Waals surface area contributed by atoms with Crippen LogP contribution in [0.1, 0.15) is 12.5 Å². The molecule has 8 heteroatoms. The van der Waals surface area contributed by atoms with Crippen LogP contribution in [0.15, 0.2) is 30.3 Å². The molecule has 150 valence electrons. The van der Waals surface area contributed by atoms with Crippen LogP contribution in [0.4, 0.5) is 10.5 Å². The molecule has 2 aromatic rings. The number of hydrogen-bond acceptors (Lipinski definition) is 6. The Morgan fingerprint density at radius 1 is 1.11 bits per heavy atom. The van der Waals surface area contributed by atoms with Gasteiger partial charge in [-0.15, -0.1) is 0 Å². The van der Waals surface area contributed by atoms with E-state index >= 15 is 0 Å². The summed E-state index contributed by atoms with van der Waals surface area (Å²) in [6.45, 7) is 2.04. The number of methoxy groups -OCH3 is 3. The zero-order chi connectivity index (χ0) is 20.1. The third-order valence-electron chi connectivity index (χ3n) is 4.29. The van der Waals surface area contributed by atoms with Crippen LogP contribution in [-0.4, -0.2) is 40.2 Å². The molecule has 8 nitrogen and oxygen atoms in total. The Kier molecular flexibility index (Phi) is 5.98. The van der Waals surface area contributed by atoms with Crippen molar-refractivity contribution in [3.05, 3.63) is 35.9 Å². The second kappa shape index (κ2) is 8.60. The second-order valence-corrected chi connectivity index (χ2v) is 6.27. The van der Waals surface area contributed by atoms with Crippen LogP contribution >= 0.6 is 0 Å². The van der Waals surface area contributed by atoms with E-state index < -0.39 is 0 Å². The molecule has 1 aliphatic rings. The van der Waals surface area contributed by atoms with Crippen LogP contribution in [0.3, 0.4) is 0 Å². The lowest BCUT2D eigenvalue weighted by atomic mass is 10.0. The van der Waals surface area contributed by atoms with Gasteiger partial charge in [-0.1, -0.05) is 6.07 Å². The Morgan fingerprint density at radius 2 is 1.89 bits per heavy atom. The first-order valence-electron chi connectivity index (χ1n) is 8.80. The molecule has 2 amide bonds. The van der Waals surface area contributed by atoms with Crippen molar-refractivity contribution in [1.29, 1.82) is 0 Å². The highest BCUT2D eigenvalue weighted by Gasteiger charge is 2.26. The topological polar surface area (TPSA) is 87.3 Å². The van der Waals surface area contributed by atoms with Crippen LogP contribution < -0.4 is 34.3 Å². The van der Waals surface area contributed by atoms with Crippen molar-refractivity contribution < 1.29 is 28.5 Å². The van der Waals surface area contributed by atoms with Gasteiger partial charge in [0.05, 0.1) is 21.3 Å². The molecule has 1 heterocycles. The third kappa shape index (κ3) is 4.16. The SMILES string of the molecule is COc1cccc(NC(=O)NC(C)Cc2cc3c(c(OC)c2OC)OCO3)c1. The molecule has 0 bridgehead atoms. The van der Waals surface area contributed by atoms with Gasteiger partial charge in [-0.25, -0.2) is 4.79 Å². The first-order chi connectivity index (χ1) is 13.5. The van der Waals surface area contributed by atoms with Crippen molar-refractivity contribution in [2.45, 2.75) is 19.4 Å². The van der Waals surface area contributed by atoms with Gasteiger partial charge in [0.1, 0.15) is 5.75 Å². The Morgan fingerprint density at radius 3 is 2.61 bits per heavy atom. The van der Waals surface area contributed by atoms with E-state index in [0.29, 0.717) is 40.9 Å². The molecule has 2 aromatic carbocycles. The van der Waals surface area contributed by atoms with E-state index in [9.17, 15) is 4.79 Å². The lowest BCUT2D eigenvalue weighted by molar-refractivity contribution is 0.170. The van der Waals surface area contributed by atoms with Gasteiger partial charge in [-0.3, -0.25) is 0 Å².